The molecule has 0 aliphatic heterocycles. The van der Waals surface area contributed by atoms with Gasteiger partial charge in [0.05, 0.1) is 0 Å². The fourth-order valence-corrected chi connectivity index (χ4v) is 1.29. The van der Waals surface area contributed by atoms with E-state index in [1.54, 1.807) is 0 Å². The molecule has 0 aromatic carbocycles. The average molecular weight is 322 g/mol. The van der Waals surface area contributed by atoms with Crippen molar-refractivity contribution in [3.05, 3.63) is 6.42 Å². The Morgan fingerprint density at radius 1 is 1.33 bits per heavy atom. The molecule has 0 aromatic rings. The Kier molecular flexibility index (Phi) is 8.75. The van der Waals surface area contributed by atoms with Gasteiger partial charge in [-0.2, -0.15) is 0 Å². The maximum atomic E-state index is 3.51. The van der Waals surface area contributed by atoms with Crippen molar-refractivity contribution in [1.82, 2.24) is 0 Å². The summed E-state index contributed by atoms with van der Waals surface area (Å²) in [6.07, 6.45) is 4.60. The minimum atomic E-state index is 0.608. The Morgan fingerprint density at radius 2 is 2.00 bits per heavy atom. The van der Waals surface area contributed by atoms with Crippen molar-refractivity contribution in [3.8, 4) is 0 Å². The van der Waals surface area contributed by atoms with Gasteiger partial charge in [0.25, 0.3) is 0 Å². The van der Waals surface area contributed by atoms with Crippen molar-refractivity contribution < 1.29 is 0 Å². The highest BCUT2D eigenvalue weighted by Crippen LogP contribution is 2.11. The number of hydrogen-bond acceptors (Lipinski definition) is 0. The zero-order valence-corrected chi connectivity index (χ0v) is 9.88. The molecule has 0 aliphatic carbocycles. The van der Waals surface area contributed by atoms with Crippen LogP contribution < -0.4 is 0 Å². The second kappa shape index (κ2) is 7.55. The van der Waals surface area contributed by atoms with Crippen LogP contribution in [0, 0.1) is 6.42 Å². The van der Waals surface area contributed by atoms with E-state index in [4.69, 9.17) is 0 Å². The maximum absolute atomic E-state index is 3.51. The molecule has 0 saturated carbocycles. The Hall–Kier alpha value is 1.44. The summed E-state index contributed by atoms with van der Waals surface area (Å²) in [6, 6.07) is 0. The summed E-state index contributed by atoms with van der Waals surface area (Å²) < 4.78 is 0. The van der Waals surface area contributed by atoms with Crippen molar-refractivity contribution in [2.75, 3.05) is 10.7 Å². The molecule has 0 rings (SSSR count). The lowest BCUT2D eigenvalue weighted by atomic mass is 10.2. The molecule has 0 heterocycles. The number of alkyl halides is 3. The summed E-state index contributed by atoms with van der Waals surface area (Å²) in [5, 5.41) is 2.11. The number of halogens is 3. The zero-order chi connectivity index (χ0) is 7.11. The van der Waals surface area contributed by atoms with Gasteiger partial charge in [-0.05, 0) is 19.3 Å². The van der Waals surface area contributed by atoms with E-state index in [-0.39, 0.29) is 0 Å². The summed E-state index contributed by atoms with van der Waals surface area (Å²) in [6.45, 7) is 0. The third kappa shape index (κ3) is 7.34. The van der Waals surface area contributed by atoms with E-state index in [0.29, 0.717) is 4.83 Å². The van der Waals surface area contributed by atoms with E-state index in [1.807, 2.05) is 0 Å². The summed E-state index contributed by atoms with van der Waals surface area (Å²) in [5.74, 6) is 0. The van der Waals surface area contributed by atoms with Gasteiger partial charge in [0.2, 0.25) is 0 Å². The van der Waals surface area contributed by atoms with Crippen LogP contribution in [-0.2, 0) is 0 Å². The van der Waals surface area contributed by atoms with Crippen molar-refractivity contribution >= 4 is 47.8 Å². The molecule has 0 bridgehead atoms. The van der Waals surface area contributed by atoms with Crippen molar-refractivity contribution in [3.63, 3.8) is 0 Å². The molecule has 0 aromatic heterocycles. The van der Waals surface area contributed by atoms with E-state index in [2.05, 4.69) is 54.2 Å². The molecule has 0 fully saturated rings. The molecule has 0 saturated heterocycles. The predicted molar refractivity (Wildman–Crippen MR) is 53.8 cm³/mol. The lowest BCUT2D eigenvalue weighted by Gasteiger charge is -2.02. The Labute approximate surface area is 82.2 Å². The first-order valence-corrected chi connectivity index (χ1v) is 6.04. The van der Waals surface area contributed by atoms with E-state index < -0.39 is 0 Å². The monoisotopic (exact) mass is 319 g/mol. The van der Waals surface area contributed by atoms with Crippen molar-refractivity contribution in [1.29, 1.82) is 0 Å². The first-order chi connectivity index (χ1) is 4.31. The molecule has 55 valence electrons. The third-order valence-corrected chi connectivity index (χ3v) is 3.71. The SMILES string of the molecule is BrCC[CH]CC(Br)CBr. The average Bonchev–Trinajstić information content (AvgIpc) is 1.89. The van der Waals surface area contributed by atoms with Crippen LogP contribution in [0.25, 0.3) is 0 Å². The molecule has 3 heteroatoms. The lowest BCUT2D eigenvalue weighted by molar-refractivity contribution is 0.896. The second-order valence-electron chi connectivity index (χ2n) is 1.75. The molecule has 1 unspecified atom stereocenters. The van der Waals surface area contributed by atoms with Gasteiger partial charge in [-0.25, -0.2) is 0 Å². The van der Waals surface area contributed by atoms with Gasteiger partial charge < -0.3 is 0 Å². The van der Waals surface area contributed by atoms with Crippen LogP contribution in [0.15, 0.2) is 0 Å². The van der Waals surface area contributed by atoms with Crippen LogP contribution in [0.2, 0.25) is 0 Å². The van der Waals surface area contributed by atoms with Crippen LogP contribution in [0.3, 0.4) is 0 Å². The van der Waals surface area contributed by atoms with Crippen molar-refractivity contribution in [2.45, 2.75) is 17.7 Å². The number of hydrogen-bond donors (Lipinski definition) is 0. The summed E-state index contributed by atoms with van der Waals surface area (Å²) in [4.78, 5) is 0.608. The van der Waals surface area contributed by atoms with E-state index in [0.717, 1.165) is 23.5 Å². The topological polar surface area (TPSA) is 0 Å². The minimum Gasteiger partial charge on any atom is -0.0928 e. The van der Waals surface area contributed by atoms with Crippen LogP contribution in [-0.4, -0.2) is 15.5 Å². The first kappa shape index (κ1) is 10.4. The summed E-state index contributed by atoms with van der Waals surface area (Å²) in [7, 11) is 0. The van der Waals surface area contributed by atoms with Crippen LogP contribution in [0.4, 0.5) is 0 Å². The summed E-state index contributed by atoms with van der Waals surface area (Å²) in [5.41, 5.74) is 0. The smallest absolute Gasteiger partial charge is 0.0245 e. The minimum absolute atomic E-state index is 0.608. The lowest BCUT2D eigenvalue weighted by Crippen LogP contribution is -1.98. The van der Waals surface area contributed by atoms with Crippen molar-refractivity contribution in [2.24, 2.45) is 0 Å². The Bertz CT molecular complexity index is 56.3. The highest BCUT2D eigenvalue weighted by molar-refractivity contribution is 9.12. The van der Waals surface area contributed by atoms with Gasteiger partial charge in [-0.1, -0.05) is 47.8 Å². The molecule has 0 amide bonds. The molecular formula is C6H10Br3. The van der Waals surface area contributed by atoms with Crippen LogP contribution >= 0.6 is 47.8 Å². The molecule has 9 heavy (non-hydrogen) atoms. The molecule has 0 spiro atoms. The van der Waals surface area contributed by atoms with Crippen LogP contribution in [0.5, 0.6) is 0 Å². The standard InChI is InChI=1S/C6H10Br3/c7-4-2-1-3-6(9)5-8/h1,6H,2-5H2. The van der Waals surface area contributed by atoms with Gasteiger partial charge >= 0.3 is 0 Å². The van der Waals surface area contributed by atoms with Gasteiger partial charge in [0.15, 0.2) is 0 Å². The van der Waals surface area contributed by atoms with E-state index in [1.165, 1.54) is 0 Å². The number of unbranched alkanes of at least 4 members (excludes halogenated alkanes) is 1. The predicted octanol–water partition coefficient (Wildman–Crippen LogP) is 3.52. The van der Waals surface area contributed by atoms with Gasteiger partial charge in [-0.15, -0.1) is 0 Å². The highest BCUT2D eigenvalue weighted by atomic mass is 79.9. The van der Waals surface area contributed by atoms with Gasteiger partial charge in [-0.3, -0.25) is 0 Å². The second-order valence-corrected chi connectivity index (χ2v) is 4.49. The van der Waals surface area contributed by atoms with Crippen LogP contribution in [0.1, 0.15) is 12.8 Å². The first-order valence-electron chi connectivity index (χ1n) is 2.89. The molecule has 1 radical (unpaired) electrons. The normalized spacial score (nSPS) is 13.7. The largest absolute Gasteiger partial charge is 0.0928 e. The van der Waals surface area contributed by atoms with Gasteiger partial charge in [0, 0.05) is 15.5 Å². The zero-order valence-electron chi connectivity index (χ0n) is 5.12. The molecule has 0 N–H and O–H groups in total. The van der Waals surface area contributed by atoms with E-state index in [9.17, 15) is 0 Å². The third-order valence-electron chi connectivity index (χ3n) is 0.903. The maximum Gasteiger partial charge on any atom is 0.0245 e. The van der Waals surface area contributed by atoms with Gasteiger partial charge in [0.1, 0.15) is 0 Å². The molecular weight excluding hydrogens is 312 g/mol. The molecule has 0 nitrogen and oxygen atoms in total. The highest BCUT2D eigenvalue weighted by Gasteiger charge is 1.99. The quantitative estimate of drug-likeness (QED) is 0.537. The number of rotatable bonds is 5. The summed E-state index contributed by atoms with van der Waals surface area (Å²) >= 11 is 10.3. The molecule has 0 aliphatic rings. The molecule has 1 atom stereocenters. The Balaban J connectivity index is 2.88. The van der Waals surface area contributed by atoms with E-state index >= 15 is 0 Å². The fraction of sp³-hybridized carbons (Fsp3) is 0.833. The fourth-order valence-electron chi connectivity index (χ4n) is 0.439. The Morgan fingerprint density at radius 3 is 2.44 bits per heavy atom.